The van der Waals surface area contributed by atoms with Gasteiger partial charge >= 0.3 is 0 Å². The molecule has 0 fully saturated rings. The van der Waals surface area contributed by atoms with Crippen LogP contribution in [0, 0.1) is 0 Å². The Morgan fingerprint density at radius 2 is 1.94 bits per heavy atom. The second kappa shape index (κ2) is 4.86. The van der Waals surface area contributed by atoms with E-state index < -0.39 is 0 Å². The molecule has 0 amide bonds. The number of furan rings is 1. The molecular weight excluding hydrogens is 200 g/mol. The highest BCUT2D eigenvalue weighted by atomic mass is 16.3. The van der Waals surface area contributed by atoms with Crippen LogP contribution in [0.1, 0.15) is 11.8 Å². The van der Waals surface area contributed by atoms with Crippen molar-refractivity contribution in [3.63, 3.8) is 0 Å². The molecule has 16 heavy (non-hydrogen) atoms. The van der Waals surface area contributed by atoms with E-state index in [-0.39, 0.29) is 6.04 Å². The lowest BCUT2D eigenvalue weighted by Crippen LogP contribution is -2.30. The van der Waals surface area contributed by atoms with Gasteiger partial charge in [-0.3, -0.25) is 0 Å². The smallest absolute Gasteiger partial charge is 0.127 e. The lowest BCUT2D eigenvalue weighted by Gasteiger charge is -2.27. The first-order valence-corrected chi connectivity index (χ1v) is 5.34. The standard InChI is InChI=1S/C13H16N2O/c1-15(11-6-3-2-4-7-11)12(10-14)13-8-5-9-16-13/h2-9,12H,10,14H2,1H3. The highest BCUT2D eigenvalue weighted by Crippen LogP contribution is 2.24. The summed E-state index contributed by atoms with van der Waals surface area (Å²) in [6.07, 6.45) is 1.68. The van der Waals surface area contributed by atoms with Crippen LogP contribution < -0.4 is 10.6 Å². The SMILES string of the molecule is CN(c1ccccc1)C(CN)c1ccco1. The minimum Gasteiger partial charge on any atom is -0.467 e. The van der Waals surface area contributed by atoms with Gasteiger partial charge in [-0.05, 0) is 24.3 Å². The number of likely N-dealkylation sites (N-methyl/N-ethyl adjacent to an activating group) is 1. The zero-order valence-electron chi connectivity index (χ0n) is 9.34. The van der Waals surface area contributed by atoms with Gasteiger partial charge in [-0.2, -0.15) is 0 Å². The van der Waals surface area contributed by atoms with E-state index in [2.05, 4.69) is 17.0 Å². The van der Waals surface area contributed by atoms with Crippen LogP contribution in [-0.2, 0) is 0 Å². The van der Waals surface area contributed by atoms with E-state index in [0.717, 1.165) is 11.4 Å². The van der Waals surface area contributed by atoms with Gasteiger partial charge in [0.15, 0.2) is 0 Å². The van der Waals surface area contributed by atoms with Gasteiger partial charge < -0.3 is 15.1 Å². The van der Waals surface area contributed by atoms with Crippen molar-refractivity contribution in [1.29, 1.82) is 0 Å². The van der Waals surface area contributed by atoms with Crippen molar-refractivity contribution in [1.82, 2.24) is 0 Å². The van der Waals surface area contributed by atoms with Gasteiger partial charge in [-0.25, -0.2) is 0 Å². The quantitative estimate of drug-likeness (QED) is 0.853. The molecule has 2 aromatic rings. The molecule has 0 saturated carbocycles. The van der Waals surface area contributed by atoms with Crippen molar-refractivity contribution in [2.45, 2.75) is 6.04 Å². The topological polar surface area (TPSA) is 42.4 Å². The molecule has 2 N–H and O–H groups in total. The maximum Gasteiger partial charge on any atom is 0.127 e. The molecule has 0 aliphatic rings. The normalized spacial score (nSPS) is 12.4. The zero-order valence-corrected chi connectivity index (χ0v) is 9.34. The molecule has 2 rings (SSSR count). The minimum atomic E-state index is 0.0809. The van der Waals surface area contributed by atoms with E-state index in [9.17, 15) is 0 Å². The van der Waals surface area contributed by atoms with Gasteiger partial charge in [-0.1, -0.05) is 18.2 Å². The van der Waals surface area contributed by atoms with Gasteiger partial charge in [-0.15, -0.1) is 0 Å². The van der Waals surface area contributed by atoms with Crippen LogP contribution >= 0.6 is 0 Å². The van der Waals surface area contributed by atoms with Crippen LogP contribution in [0.5, 0.6) is 0 Å². The molecule has 0 radical (unpaired) electrons. The Bertz CT molecular complexity index is 411. The number of hydrogen-bond donors (Lipinski definition) is 1. The largest absolute Gasteiger partial charge is 0.467 e. The monoisotopic (exact) mass is 216 g/mol. The first-order valence-electron chi connectivity index (χ1n) is 5.34. The Morgan fingerprint density at radius 1 is 1.19 bits per heavy atom. The fourth-order valence-electron chi connectivity index (χ4n) is 1.79. The molecule has 1 aromatic heterocycles. The zero-order chi connectivity index (χ0) is 11.4. The summed E-state index contributed by atoms with van der Waals surface area (Å²) >= 11 is 0. The maximum atomic E-state index is 5.80. The lowest BCUT2D eigenvalue weighted by molar-refractivity contribution is 0.460. The van der Waals surface area contributed by atoms with E-state index in [1.807, 2.05) is 37.4 Å². The number of para-hydroxylation sites is 1. The highest BCUT2D eigenvalue weighted by molar-refractivity contribution is 5.47. The number of hydrogen-bond acceptors (Lipinski definition) is 3. The summed E-state index contributed by atoms with van der Waals surface area (Å²) in [4.78, 5) is 2.12. The van der Waals surface area contributed by atoms with Crippen molar-refractivity contribution in [3.05, 3.63) is 54.5 Å². The number of rotatable bonds is 4. The average molecular weight is 216 g/mol. The number of nitrogens with two attached hydrogens (primary N) is 1. The van der Waals surface area contributed by atoms with E-state index in [1.54, 1.807) is 6.26 Å². The molecule has 84 valence electrons. The van der Waals surface area contributed by atoms with Crippen molar-refractivity contribution in [3.8, 4) is 0 Å². The van der Waals surface area contributed by atoms with Gasteiger partial charge in [0.2, 0.25) is 0 Å². The molecule has 0 aliphatic heterocycles. The minimum absolute atomic E-state index is 0.0809. The van der Waals surface area contributed by atoms with Gasteiger partial charge in [0, 0.05) is 19.3 Å². The maximum absolute atomic E-state index is 5.80. The average Bonchev–Trinajstić information content (AvgIpc) is 2.85. The Labute approximate surface area is 95.5 Å². The van der Waals surface area contributed by atoms with Crippen molar-refractivity contribution >= 4 is 5.69 Å². The number of benzene rings is 1. The fraction of sp³-hybridized carbons (Fsp3) is 0.231. The summed E-state index contributed by atoms with van der Waals surface area (Å²) in [7, 11) is 2.02. The molecule has 1 unspecified atom stereocenters. The van der Waals surface area contributed by atoms with Crippen LogP contribution in [0.25, 0.3) is 0 Å². The second-order valence-corrected chi connectivity index (χ2v) is 3.71. The summed E-state index contributed by atoms with van der Waals surface area (Å²) in [6, 6.07) is 14.1. The highest BCUT2D eigenvalue weighted by Gasteiger charge is 2.17. The molecule has 1 atom stereocenters. The molecule has 1 aromatic carbocycles. The molecule has 0 spiro atoms. The molecule has 1 heterocycles. The number of nitrogens with zero attached hydrogens (tertiary/aromatic N) is 1. The van der Waals surface area contributed by atoms with E-state index in [0.29, 0.717) is 6.54 Å². The lowest BCUT2D eigenvalue weighted by atomic mass is 10.1. The molecule has 0 bridgehead atoms. The molecular formula is C13H16N2O. The molecule has 0 aliphatic carbocycles. The third kappa shape index (κ3) is 2.09. The van der Waals surface area contributed by atoms with Gasteiger partial charge in [0.1, 0.15) is 5.76 Å². The summed E-state index contributed by atoms with van der Waals surface area (Å²) in [6.45, 7) is 0.527. The Hall–Kier alpha value is -1.74. The van der Waals surface area contributed by atoms with Crippen molar-refractivity contribution < 1.29 is 4.42 Å². The summed E-state index contributed by atoms with van der Waals surface area (Å²) < 4.78 is 5.41. The first kappa shape index (κ1) is 10.8. The third-order valence-corrected chi connectivity index (χ3v) is 2.73. The van der Waals surface area contributed by atoms with Crippen LogP contribution in [0.4, 0.5) is 5.69 Å². The molecule has 3 nitrogen and oxygen atoms in total. The summed E-state index contributed by atoms with van der Waals surface area (Å²) in [5.74, 6) is 0.897. The van der Waals surface area contributed by atoms with Crippen LogP contribution in [-0.4, -0.2) is 13.6 Å². The Morgan fingerprint density at radius 3 is 2.50 bits per heavy atom. The van der Waals surface area contributed by atoms with Crippen molar-refractivity contribution in [2.24, 2.45) is 5.73 Å². The van der Waals surface area contributed by atoms with Crippen LogP contribution in [0.2, 0.25) is 0 Å². The van der Waals surface area contributed by atoms with Crippen LogP contribution in [0.15, 0.2) is 53.1 Å². The summed E-state index contributed by atoms with van der Waals surface area (Å²) in [5.41, 5.74) is 6.93. The van der Waals surface area contributed by atoms with E-state index in [1.165, 1.54) is 0 Å². The van der Waals surface area contributed by atoms with Gasteiger partial charge in [0.05, 0.1) is 12.3 Å². The molecule has 0 saturated heterocycles. The Balaban J connectivity index is 2.23. The van der Waals surface area contributed by atoms with Gasteiger partial charge in [0.25, 0.3) is 0 Å². The number of anilines is 1. The molecule has 3 heteroatoms. The Kier molecular flexibility index (Phi) is 3.27. The second-order valence-electron chi connectivity index (χ2n) is 3.71. The first-order chi connectivity index (χ1) is 7.83. The van der Waals surface area contributed by atoms with E-state index in [4.69, 9.17) is 10.2 Å². The third-order valence-electron chi connectivity index (χ3n) is 2.73. The van der Waals surface area contributed by atoms with E-state index >= 15 is 0 Å². The van der Waals surface area contributed by atoms with Crippen LogP contribution in [0.3, 0.4) is 0 Å². The predicted octanol–water partition coefficient (Wildman–Crippen LogP) is 2.42. The fourth-order valence-corrected chi connectivity index (χ4v) is 1.79. The summed E-state index contributed by atoms with van der Waals surface area (Å²) in [5, 5.41) is 0. The predicted molar refractivity (Wildman–Crippen MR) is 65.3 cm³/mol. The van der Waals surface area contributed by atoms with Crippen molar-refractivity contribution in [2.75, 3.05) is 18.5 Å².